The fourth-order valence-corrected chi connectivity index (χ4v) is 2.82. The van der Waals surface area contributed by atoms with E-state index in [9.17, 15) is 23.3 Å². The van der Waals surface area contributed by atoms with E-state index in [1.54, 1.807) is 7.05 Å². The maximum Gasteiger partial charge on any atom is 0.416 e. The van der Waals surface area contributed by atoms with Gasteiger partial charge in [-0.05, 0) is 38.3 Å². The summed E-state index contributed by atoms with van der Waals surface area (Å²) in [6.45, 7) is 2.32. The molecule has 0 bridgehead atoms. The lowest BCUT2D eigenvalue weighted by Gasteiger charge is -2.25. The van der Waals surface area contributed by atoms with Gasteiger partial charge in [0.15, 0.2) is 6.29 Å². The average molecular weight is 362 g/mol. The van der Waals surface area contributed by atoms with Gasteiger partial charge in [-0.25, -0.2) is 0 Å². The van der Waals surface area contributed by atoms with Gasteiger partial charge in [-0.1, -0.05) is 0 Å². The minimum atomic E-state index is -4.63. The summed E-state index contributed by atoms with van der Waals surface area (Å²) < 4.78 is 49.9. The van der Waals surface area contributed by atoms with Crippen LogP contribution in [0, 0.1) is 17.0 Å². The minimum Gasteiger partial charge on any atom is -0.367 e. The molecule has 0 aliphatic carbocycles. The molecular weight excluding hydrogens is 341 g/mol. The number of nitrogens with zero attached hydrogens (tertiary/aromatic N) is 2. The van der Waals surface area contributed by atoms with E-state index < -0.39 is 27.9 Å². The normalized spacial score (nSPS) is 18.2. The maximum atomic E-state index is 13.0. The molecule has 140 valence electrons. The van der Waals surface area contributed by atoms with Crippen LogP contribution in [0.3, 0.4) is 0 Å². The molecule has 1 aromatic rings. The van der Waals surface area contributed by atoms with E-state index in [2.05, 4.69) is 0 Å². The second-order valence-corrected chi connectivity index (χ2v) is 5.95. The molecule has 0 aromatic heterocycles. The molecular formula is C16H21F3N2O4. The van der Waals surface area contributed by atoms with Gasteiger partial charge < -0.3 is 14.4 Å². The number of alkyl halides is 3. The van der Waals surface area contributed by atoms with Crippen LogP contribution in [0.2, 0.25) is 0 Å². The Balaban J connectivity index is 2.11. The van der Waals surface area contributed by atoms with Crippen molar-refractivity contribution in [3.8, 4) is 0 Å². The molecule has 6 nitrogen and oxygen atoms in total. The van der Waals surface area contributed by atoms with Gasteiger partial charge in [0.1, 0.15) is 5.69 Å². The predicted molar refractivity (Wildman–Crippen MR) is 85.6 cm³/mol. The zero-order valence-corrected chi connectivity index (χ0v) is 14.1. The lowest BCUT2D eigenvalue weighted by molar-refractivity contribution is -0.384. The Hall–Kier alpha value is -1.87. The largest absolute Gasteiger partial charge is 0.416 e. The molecule has 0 amide bonds. The summed E-state index contributed by atoms with van der Waals surface area (Å²) in [5.41, 5.74) is -1.79. The van der Waals surface area contributed by atoms with Gasteiger partial charge in [0.25, 0.3) is 5.69 Å². The van der Waals surface area contributed by atoms with Gasteiger partial charge in [0, 0.05) is 25.8 Å². The molecule has 1 fully saturated rings. The average Bonchev–Trinajstić information content (AvgIpc) is 2.53. The Bertz CT molecular complexity index is 616. The Morgan fingerprint density at radius 3 is 2.68 bits per heavy atom. The van der Waals surface area contributed by atoms with E-state index in [-0.39, 0.29) is 18.6 Å². The fraction of sp³-hybridized carbons (Fsp3) is 0.625. The van der Waals surface area contributed by atoms with Crippen molar-refractivity contribution in [2.75, 3.05) is 31.7 Å². The maximum absolute atomic E-state index is 13.0. The third-order valence-corrected chi connectivity index (χ3v) is 4.18. The molecule has 0 N–H and O–H groups in total. The van der Waals surface area contributed by atoms with E-state index in [0.717, 1.165) is 38.3 Å². The van der Waals surface area contributed by atoms with Crippen molar-refractivity contribution in [2.24, 2.45) is 0 Å². The molecule has 1 saturated heterocycles. The number of nitro benzene ring substituents is 1. The fourth-order valence-electron chi connectivity index (χ4n) is 2.82. The molecule has 1 aliphatic heterocycles. The molecule has 0 spiro atoms. The monoisotopic (exact) mass is 362 g/mol. The summed E-state index contributed by atoms with van der Waals surface area (Å²) in [6.07, 6.45) is -2.11. The third-order valence-electron chi connectivity index (χ3n) is 4.18. The van der Waals surface area contributed by atoms with Gasteiger partial charge in [0.2, 0.25) is 0 Å². The summed E-state index contributed by atoms with van der Waals surface area (Å²) in [4.78, 5) is 12.1. The number of benzene rings is 1. The van der Waals surface area contributed by atoms with Crippen LogP contribution in [0.5, 0.6) is 0 Å². The number of hydrogen-bond donors (Lipinski definition) is 0. The Morgan fingerprint density at radius 1 is 1.40 bits per heavy atom. The number of nitro groups is 1. The topological polar surface area (TPSA) is 64.8 Å². The predicted octanol–water partition coefficient (Wildman–Crippen LogP) is 3.90. The number of hydrogen-bond acceptors (Lipinski definition) is 5. The molecule has 1 aliphatic rings. The highest BCUT2D eigenvalue weighted by Crippen LogP contribution is 2.40. The quantitative estimate of drug-likeness (QED) is 0.567. The van der Waals surface area contributed by atoms with Crippen molar-refractivity contribution in [2.45, 2.75) is 38.7 Å². The molecule has 1 aromatic carbocycles. The van der Waals surface area contributed by atoms with Crippen molar-refractivity contribution >= 4 is 11.4 Å². The number of anilines is 1. The first kappa shape index (κ1) is 19.5. The summed E-state index contributed by atoms with van der Waals surface area (Å²) in [5.74, 6) is 0. The van der Waals surface area contributed by atoms with Crippen molar-refractivity contribution < 1.29 is 27.6 Å². The van der Waals surface area contributed by atoms with E-state index in [1.807, 2.05) is 0 Å². The summed E-state index contributed by atoms with van der Waals surface area (Å²) >= 11 is 0. The zero-order chi connectivity index (χ0) is 18.6. The second kappa shape index (κ2) is 8.01. The van der Waals surface area contributed by atoms with Crippen molar-refractivity contribution in [3.63, 3.8) is 0 Å². The number of rotatable bonds is 6. The minimum absolute atomic E-state index is 0.128. The number of halogens is 3. The highest BCUT2D eigenvalue weighted by atomic mass is 19.4. The van der Waals surface area contributed by atoms with Crippen LogP contribution in [0.1, 0.15) is 30.4 Å². The first-order chi connectivity index (χ1) is 11.7. The van der Waals surface area contributed by atoms with E-state index in [1.165, 1.54) is 4.90 Å². The highest BCUT2D eigenvalue weighted by molar-refractivity contribution is 5.68. The van der Waals surface area contributed by atoms with E-state index >= 15 is 0 Å². The van der Waals surface area contributed by atoms with Gasteiger partial charge in [-0.2, -0.15) is 13.2 Å². The van der Waals surface area contributed by atoms with Crippen molar-refractivity contribution in [1.82, 2.24) is 0 Å². The second-order valence-electron chi connectivity index (χ2n) is 5.95. The van der Waals surface area contributed by atoms with Crippen LogP contribution >= 0.6 is 0 Å². The standard InChI is InChI=1S/C16H21F3N2O4/c1-11-12(16(17,18)19)6-7-13(15(11)21(22)23)20(2)8-10-25-14-5-3-4-9-24-14/h6-7,14H,3-5,8-10H2,1-2H3. The molecule has 0 saturated carbocycles. The SMILES string of the molecule is Cc1c(C(F)(F)F)ccc(N(C)CCOC2CCCCO2)c1[N+](=O)[O-]. The zero-order valence-electron chi connectivity index (χ0n) is 14.1. The van der Waals surface area contributed by atoms with Gasteiger partial charge in [0.05, 0.1) is 17.1 Å². The first-order valence-electron chi connectivity index (χ1n) is 8.01. The van der Waals surface area contributed by atoms with Crippen LogP contribution in [0.25, 0.3) is 0 Å². The first-order valence-corrected chi connectivity index (χ1v) is 8.01. The Labute approximate surface area is 143 Å². The van der Waals surface area contributed by atoms with Crippen molar-refractivity contribution in [3.05, 3.63) is 33.4 Å². The van der Waals surface area contributed by atoms with Crippen LogP contribution < -0.4 is 4.90 Å². The van der Waals surface area contributed by atoms with E-state index in [0.29, 0.717) is 13.2 Å². The molecule has 0 radical (unpaired) electrons. The number of likely N-dealkylation sites (N-methyl/N-ethyl adjacent to an activating group) is 1. The molecule has 25 heavy (non-hydrogen) atoms. The summed E-state index contributed by atoms with van der Waals surface area (Å²) in [7, 11) is 1.58. The Morgan fingerprint density at radius 2 is 2.12 bits per heavy atom. The van der Waals surface area contributed by atoms with Crippen molar-refractivity contribution in [1.29, 1.82) is 0 Å². The highest BCUT2D eigenvalue weighted by Gasteiger charge is 2.36. The third kappa shape index (κ3) is 4.82. The summed E-state index contributed by atoms with van der Waals surface area (Å²) in [6, 6.07) is 2.00. The molecule has 9 heteroatoms. The Kier molecular flexibility index (Phi) is 6.23. The number of ether oxygens (including phenoxy) is 2. The molecule has 1 atom stereocenters. The van der Waals surface area contributed by atoms with Gasteiger partial charge >= 0.3 is 6.18 Å². The molecule has 1 unspecified atom stereocenters. The van der Waals surface area contributed by atoms with Crippen LogP contribution in [-0.2, 0) is 15.7 Å². The van der Waals surface area contributed by atoms with Crippen LogP contribution in [-0.4, -0.2) is 38.0 Å². The summed E-state index contributed by atoms with van der Waals surface area (Å²) in [5, 5.41) is 11.3. The lowest BCUT2D eigenvalue weighted by atomic mass is 10.0. The molecule has 1 heterocycles. The van der Waals surface area contributed by atoms with Gasteiger partial charge in [-0.3, -0.25) is 10.1 Å². The lowest BCUT2D eigenvalue weighted by Crippen LogP contribution is -2.29. The van der Waals surface area contributed by atoms with Crippen LogP contribution in [0.4, 0.5) is 24.5 Å². The van der Waals surface area contributed by atoms with E-state index in [4.69, 9.17) is 9.47 Å². The van der Waals surface area contributed by atoms with Gasteiger partial charge in [-0.15, -0.1) is 0 Å². The smallest absolute Gasteiger partial charge is 0.367 e. The molecule has 2 rings (SSSR count). The van der Waals surface area contributed by atoms with Crippen LogP contribution in [0.15, 0.2) is 12.1 Å².